The van der Waals surface area contributed by atoms with Crippen molar-refractivity contribution < 1.29 is 26.3 Å². The molecule has 0 saturated heterocycles. The smallest absolute Gasteiger partial charge is 0.194 e. The van der Waals surface area contributed by atoms with Crippen molar-refractivity contribution in [3.63, 3.8) is 0 Å². The largest absolute Gasteiger partial charge is 0.380 e. The molecule has 172 valence electrons. The first-order valence-corrected chi connectivity index (χ1v) is 14.9. The van der Waals surface area contributed by atoms with E-state index in [-0.39, 0.29) is 27.7 Å². The molecule has 1 aliphatic rings. The first-order valence-electron chi connectivity index (χ1n) is 8.93. The molecule has 12 heteroatoms. The van der Waals surface area contributed by atoms with Crippen LogP contribution in [0.2, 0.25) is 0 Å². The summed E-state index contributed by atoms with van der Waals surface area (Å²) in [4.78, 5) is 0. The number of fused-ring (bicyclic) bond motifs is 2. The predicted molar refractivity (Wildman–Crippen MR) is 156 cm³/mol. The van der Waals surface area contributed by atoms with Crippen LogP contribution in [0.4, 0.5) is 26.3 Å². The summed E-state index contributed by atoms with van der Waals surface area (Å²) in [5, 5.41) is 0.518. The van der Waals surface area contributed by atoms with Gasteiger partial charge in [-0.2, -0.15) is 26.3 Å². The molecule has 0 nitrogen and oxygen atoms in total. The van der Waals surface area contributed by atoms with Gasteiger partial charge in [0.05, 0.1) is 5.77 Å². The van der Waals surface area contributed by atoms with Gasteiger partial charge < -0.3 is 0 Å². The van der Waals surface area contributed by atoms with Crippen LogP contribution in [-0.2, 0) is 0 Å². The van der Waals surface area contributed by atoms with E-state index in [9.17, 15) is 8.78 Å². The van der Waals surface area contributed by atoms with Crippen LogP contribution in [0.25, 0.3) is 31.3 Å². The van der Waals surface area contributed by atoms with Crippen LogP contribution >= 0.6 is 113 Å². The van der Waals surface area contributed by atoms with Gasteiger partial charge in [0.2, 0.25) is 0 Å². The Morgan fingerprint density at radius 2 is 0.939 bits per heavy atom. The summed E-state index contributed by atoms with van der Waals surface area (Å²) in [6, 6.07) is 9.79. The highest BCUT2D eigenvalue weighted by Gasteiger charge is 2.80. The van der Waals surface area contributed by atoms with Crippen molar-refractivity contribution in [2.75, 3.05) is 0 Å². The molecular weight excluding hydrogens is 938 g/mol. The minimum absolute atomic E-state index is 0.246. The fourth-order valence-corrected chi connectivity index (χ4v) is 9.83. The molecule has 1 aliphatic carbocycles. The first kappa shape index (κ1) is 25.3. The average Bonchev–Trinajstić information content (AvgIpc) is 3.22. The van der Waals surface area contributed by atoms with Crippen LogP contribution in [-0.4, -0.2) is 17.8 Å². The van der Waals surface area contributed by atoms with Gasteiger partial charge in [-0.15, -0.1) is 22.7 Å². The van der Waals surface area contributed by atoms with E-state index in [1.165, 1.54) is 12.1 Å². The van der Waals surface area contributed by atoms with E-state index in [0.717, 1.165) is 29.8 Å². The molecule has 0 fully saturated rings. The number of thiophene rings is 2. The molecule has 2 aromatic heterocycles. The molecule has 0 unspecified atom stereocenters. The minimum atomic E-state index is -5.58. The molecule has 0 atom stereocenters. The third kappa shape index (κ3) is 3.56. The maximum absolute atomic E-state index is 15.4. The maximum Gasteiger partial charge on any atom is 0.380 e. The number of hydrogen-bond donors (Lipinski definition) is 0. The molecule has 5 rings (SSSR count). The molecule has 0 saturated carbocycles. The van der Waals surface area contributed by atoms with Crippen molar-refractivity contribution in [1.29, 1.82) is 0 Å². The van der Waals surface area contributed by atoms with E-state index in [1.54, 1.807) is 69.4 Å². The van der Waals surface area contributed by atoms with Crippen LogP contribution in [0.15, 0.2) is 36.4 Å². The van der Waals surface area contributed by atoms with E-state index >= 15 is 17.6 Å². The fraction of sp³-hybridized carbons (Fsp3) is 0.143. The Labute approximate surface area is 245 Å². The van der Waals surface area contributed by atoms with E-state index in [2.05, 4.69) is 0 Å². The Kier molecular flexibility index (Phi) is 6.36. The van der Waals surface area contributed by atoms with Crippen molar-refractivity contribution in [3.8, 4) is 0 Å². The molecule has 0 radical (unpaired) electrons. The number of benzene rings is 2. The van der Waals surface area contributed by atoms with Gasteiger partial charge in [-0.3, -0.25) is 0 Å². The SMILES string of the molecule is FC1(F)C(c2c(I)sc3cc(I)ccc23)=C(c2c(I)sc3cc(I)ccc23)C(F)(F)C1(F)F. The highest BCUT2D eigenvalue weighted by atomic mass is 127. The lowest BCUT2D eigenvalue weighted by molar-refractivity contribution is -0.254. The van der Waals surface area contributed by atoms with Crippen molar-refractivity contribution in [1.82, 2.24) is 0 Å². The monoisotopic (exact) mass is 944 g/mol. The zero-order chi connectivity index (χ0) is 24.1. The number of rotatable bonds is 2. The summed E-state index contributed by atoms with van der Waals surface area (Å²) in [5.41, 5.74) is -3.06. The fourth-order valence-electron chi connectivity index (χ4n) is 3.94. The average molecular weight is 944 g/mol. The van der Waals surface area contributed by atoms with Crippen LogP contribution in [0.1, 0.15) is 11.1 Å². The molecule has 0 N–H and O–H groups in total. The molecule has 0 bridgehead atoms. The Morgan fingerprint density at radius 3 is 1.30 bits per heavy atom. The van der Waals surface area contributed by atoms with Gasteiger partial charge in [0.25, 0.3) is 0 Å². The van der Waals surface area contributed by atoms with Gasteiger partial charge in [0.1, 0.15) is 0 Å². The quantitative estimate of drug-likeness (QED) is 0.139. The molecule has 4 aromatic rings. The lowest BCUT2D eigenvalue weighted by atomic mass is 9.94. The lowest BCUT2D eigenvalue weighted by Gasteiger charge is -2.25. The van der Waals surface area contributed by atoms with Gasteiger partial charge in [-0.05, 0) is 115 Å². The van der Waals surface area contributed by atoms with E-state index in [4.69, 9.17) is 0 Å². The number of hydrogen-bond acceptors (Lipinski definition) is 2. The summed E-state index contributed by atoms with van der Waals surface area (Å²) in [5.74, 6) is -15.7. The van der Waals surface area contributed by atoms with Gasteiger partial charge >= 0.3 is 17.8 Å². The van der Waals surface area contributed by atoms with E-state index in [1.807, 2.05) is 45.2 Å². The van der Waals surface area contributed by atoms with Crippen molar-refractivity contribution in [2.45, 2.75) is 17.8 Å². The van der Waals surface area contributed by atoms with Crippen LogP contribution in [0.5, 0.6) is 0 Å². The van der Waals surface area contributed by atoms with Crippen molar-refractivity contribution in [3.05, 3.63) is 60.4 Å². The van der Waals surface area contributed by atoms with Gasteiger partial charge in [0, 0.05) is 49.6 Å². The van der Waals surface area contributed by atoms with Crippen LogP contribution < -0.4 is 0 Å². The molecular formula is C21H6F6I4S2. The summed E-state index contributed by atoms with van der Waals surface area (Å²) in [6.07, 6.45) is 0. The third-order valence-corrected chi connectivity index (χ3v) is 11.0. The second kappa shape index (κ2) is 8.31. The van der Waals surface area contributed by atoms with Crippen molar-refractivity contribution in [2.24, 2.45) is 0 Å². The molecule has 2 heterocycles. The second-order valence-corrected chi connectivity index (χ2v) is 15.5. The second-order valence-electron chi connectivity index (χ2n) is 7.26. The third-order valence-electron chi connectivity index (χ3n) is 5.38. The highest BCUT2D eigenvalue weighted by molar-refractivity contribution is 14.1. The summed E-state index contributed by atoms with van der Waals surface area (Å²) in [7, 11) is 0. The maximum atomic E-state index is 15.4. The molecule has 0 spiro atoms. The Bertz CT molecular complexity index is 1390. The topological polar surface area (TPSA) is 0 Å². The molecule has 0 amide bonds. The van der Waals surface area contributed by atoms with Gasteiger partial charge in [0.15, 0.2) is 0 Å². The Hall–Kier alpha value is 0.600. The number of halogens is 10. The van der Waals surface area contributed by atoms with Gasteiger partial charge in [-0.1, -0.05) is 12.1 Å². The van der Waals surface area contributed by atoms with Crippen LogP contribution in [0, 0.1) is 12.9 Å². The zero-order valence-electron chi connectivity index (χ0n) is 15.6. The summed E-state index contributed by atoms with van der Waals surface area (Å²) in [6.45, 7) is 0. The normalized spacial score (nSPS) is 19.2. The lowest BCUT2D eigenvalue weighted by Crippen LogP contribution is -2.49. The zero-order valence-corrected chi connectivity index (χ0v) is 25.8. The summed E-state index contributed by atoms with van der Waals surface area (Å²) < 4.78 is 94.5. The van der Waals surface area contributed by atoms with Gasteiger partial charge in [-0.25, -0.2) is 0 Å². The summed E-state index contributed by atoms with van der Waals surface area (Å²) >= 11 is 9.87. The van der Waals surface area contributed by atoms with E-state index < -0.39 is 28.9 Å². The molecule has 0 aliphatic heterocycles. The molecule has 2 aromatic carbocycles. The predicted octanol–water partition coefficient (Wildman–Crippen LogP) is 10.4. The Morgan fingerprint density at radius 1 is 0.576 bits per heavy atom. The van der Waals surface area contributed by atoms with Crippen LogP contribution in [0.3, 0.4) is 0 Å². The number of allylic oxidation sites excluding steroid dienone is 2. The minimum Gasteiger partial charge on any atom is -0.194 e. The standard InChI is InChI=1S/C21H6F6I4S2/c22-19(23)15(13-9-3-1-7(28)5-11(9)32-17(13)30)16(20(24,25)21(19,26)27)14-10-4-2-8(29)6-12(10)33-18(14)31/h1-6H. The Balaban J connectivity index is 1.98. The highest BCUT2D eigenvalue weighted by Crippen LogP contribution is 2.67. The number of alkyl halides is 6. The molecule has 33 heavy (non-hydrogen) atoms. The first-order chi connectivity index (χ1) is 15.3. The van der Waals surface area contributed by atoms with E-state index in [0.29, 0.717) is 9.40 Å². The van der Waals surface area contributed by atoms with Crippen molar-refractivity contribution >= 4 is 144 Å².